The van der Waals surface area contributed by atoms with E-state index in [0.29, 0.717) is 12.5 Å². The minimum Gasteiger partial charge on any atom is -0.456 e. The molecule has 0 bridgehead atoms. The van der Waals surface area contributed by atoms with Gasteiger partial charge in [0.15, 0.2) is 6.61 Å². The lowest BCUT2D eigenvalue weighted by molar-refractivity contribution is -0.147. The first kappa shape index (κ1) is 19.4. The van der Waals surface area contributed by atoms with E-state index < -0.39 is 5.97 Å². The van der Waals surface area contributed by atoms with E-state index in [2.05, 4.69) is 34.4 Å². The Morgan fingerprint density at radius 1 is 1.15 bits per heavy atom. The minimum absolute atomic E-state index is 0.118. The lowest BCUT2D eigenvalue weighted by Crippen LogP contribution is -2.23. The quantitative estimate of drug-likeness (QED) is 0.707. The SMILES string of the molecule is Cc1cccc(C(C)C)c1NC(=O)COC(=O)CCNc1ncccn1. The number of rotatable bonds is 8. The fourth-order valence-corrected chi connectivity index (χ4v) is 2.40. The van der Waals surface area contributed by atoms with Gasteiger partial charge in [0.05, 0.1) is 6.42 Å². The molecule has 0 fully saturated rings. The van der Waals surface area contributed by atoms with Crippen LogP contribution < -0.4 is 10.6 Å². The monoisotopic (exact) mass is 356 g/mol. The maximum atomic E-state index is 12.1. The number of carbonyl (C=O) groups excluding carboxylic acids is 2. The Balaban J connectivity index is 1.77. The Labute approximate surface area is 153 Å². The normalized spacial score (nSPS) is 10.5. The molecule has 2 aromatic rings. The largest absolute Gasteiger partial charge is 0.456 e. The van der Waals surface area contributed by atoms with Gasteiger partial charge < -0.3 is 15.4 Å². The Morgan fingerprint density at radius 2 is 1.88 bits per heavy atom. The van der Waals surface area contributed by atoms with Gasteiger partial charge in [-0.05, 0) is 30.0 Å². The van der Waals surface area contributed by atoms with Crippen LogP contribution in [-0.2, 0) is 14.3 Å². The number of esters is 1. The van der Waals surface area contributed by atoms with Crippen LogP contribution in [0, 0.1) is 6.92 Å². The highest BCUT2D eigenvalue weighted by Gasteiger charge is 2.13. The van der Waals surface area contributed by atoms with Crippen LogP contribution in [0.15, 0.2) is 36.7 Å². The molecule has 0 aliphatic carbocycles. The highest BCUT2D eigenvalue weighted by molar-refractivity contribution is 5.94. The second-order valence-electron chi connectivity index (χ2n) is 6.15. The molecule has 26 heavy (non-hydrogen) atoms. The van der Waals surface area contributed by atoms with E-state index in [0.717, 1.165) is 16.8 Å². The van der Waals surface area contributed by atoms with Crippen molar-refractivity contribution >= 4 is 23.5 Å². The van der Waals surface area contributed by atoms with Gasteiger partial charge in [0.25, 0.3) is 5.91 Å². The number of hydrogen-bond acceptors (Lipinski definition) is 6. The number of aromatic nitrogens is 2. The van der Waals surface area contributed by atoms with Crippen molar-refractivity contribution < 1.29 is 14.3 Å². The van der Waals surface area contributed by atoms with Gasteiger partial charge >= 0.3 is 5.97 Å². The molecule has 0 aliphatic heterocycles. The molecule has 2 N–H and O–H groups in total. The maximum absolute atomic E-state index is 12.1. The van der Waals surface area contributed by atoms with Gasteiger partial charge in [0.2, 0.25) is 5.95 Å². The number of anilines is 2. The first-order valence-electron chi connectivity index (χ1n) is 8.53. The Bertz CT molecular complexity index is 748. The molecule has 1 aromatic carbocycles. The summed E-state index contributed by atoms with van der Waals surface area (Å²) in [5.41, 5.74) is 2.81. The van der Waals surface area contributed by atoms with Crippen molar-refractivity contribution in [3.63, 3.8) is 0 Å². The summed E-state index contributed by atoms with van der Waals surface area (Å²) in [6.07, 6.45) is 3.33. The molecule has 0 radical (unpaired) electrons. The molecular formula is C19H24N4O3. The number of para-hydroxylation sites is 1. The van der Waals surface area contributed by atoms with Crippen LogP contribution in [-0.4, -0.2) is 35.0 Å². The summed E-state index contributed by atoms with van der Waals surface area (Å²) in [4.78, 5) is 31.8. The summed E-state index contributed by atoms with van der Waals surface area (Å²) < 4.78 is 5.02. The topological polar surface area (TPSA) is 93.2 Å². The number of aryl methyl sites for hydroxylation is 1. The molecule has 1 amide bonds. The molecule has 0 saturated heterocycles. The fraction of sp³-hybridized carbons (Fsp3) is 0.368. The number of benzene rings is 1. The molecule has 1 heterocycles. The summed E-state index contributed by atoms with van der Waals surface area (Å²) in [5, 5.41) is 5.75. The molecule has 0 spiro atoms. The molecule has 0 unspecified atom stereocenters. The van der Waals surface area contributed by atoms with Crippen molar-refractivity contribution in [2.75, 3.05) is 23.8 Å². The summed E-state index contributed by atoms with van der Waals surface area (Å²) in [7, 11) is 0. The van der Waals surface area contributed by atoms with Crippen molar-refractivity contribution in [3.8, 4) is 0 Å². The maximum Gasteiger partial charge on any atom is 0.308 e. The van der Waals surface area contributed by atoms with Crippen molar-refractivity contribution in [2.45, 2.75) is 33.1 Å². The number of hydrogen-bond donors (Lipinski definition) is 2. The molecule has 0 saturated carbocycles. The Morgan fingerprint density at radius 3 is 2.58 bits per heavy atom. The van der Waals surface area contributed by atoms with Crippen LogP contribution in [0.4, 0.5) is 11.6 Å². The number of carbonyl (C=O) groups is 2. The lowest BCUT2D eigenvalue weighted by atomic mass is 9.98. The van der Waals surface area contributed by atoms with Crippen LogP contribution >= 0.6 is 0 Å². The Kier molecular flexibility index (Phi) is 7.08. The molecule has 0 atom stereocenters. The van der Waals surface area contributed by atoms with E-state index in [1.54, 1.807) is 18.5 Å². The second-order valence-corrected chi connectivity index (χ2v) is 6.15. The summed E-state index contributed by atoms with van der Waals surface area (Å²) >= 11 is 0. The van der Waals surface area contributed by atoms with Gasteiger partial charge in [-0.1, -0.05) is 32.0 Å². The van der Waals surface area contributed by atoms with Crippen molar-refractivity contribution in [1.29, 1.82) is 0 Å². The van der Waals surface area contributed by atoms with E-state index in [1.807, 2.05) is 25.1 Å². The average molecular weight is 356 g/mol. The smallest absolute Gasteiger partial charge is 0.308 e. The van der Waals surface area contributed by atoms with Crippen molar-refractivity contribution in [1.82, 2.24) is 9.97 Å². The third-order valence-electron chi connectivity index (χ3n) is 3.73. The second kappa shape index (κ2) is 9.50. The third kappa shape index (κ3) is 5.84. The van der Waals surface area contributed by atoms with Gasteiger partial charge in [0.1, 0.15) is 0 Å². The standard InChI is InChI=1S/C19H24N4O3/c1-13(2)15-7-4-6-14(3)18(15)23-16(24)12-26-17(25)8-11-22-19-20-9-5-10-21-19/h4-7,9-10,13H,8,11-12H2,1-3H3,(H,23,24)(H,20,21,22). The summed E-state index contributed by atoms with van der Waals surface area (Å²) in [6.45, 7) is 6.08. The van der Waals surface area contributed by atoms with Gasteiger partial charge in [-0.2, -0.15) is 0 Å². The summed E-state index contributed by atoms with van der Waals surface area (Å²) in [5.74, 6) is -0.0933. The van der Waals surface area contributed by atoms with Crippen LogP contribution in [0.25, 0.3) is 0 Å². The average Bonchev–Trinajstić information content (AvgIpc) is 2.62. The predicted molar refractivity (Wildman–Crippen MR) is 100.0 cm³/mol. The zero-order valence-electron chi connectivity index (χ0n) is 15.3. The third-order valence-corrected chi connectivity index (χ3v) is 3.73. The molecule has 7 nitrogen and oxygen atoms in total. The van der Waals surface area contributed by atoms with Crippen molar-refractivity contribution in [2.24, 2.45) is 0 Å². The highest BCUT2D eigenvalue weighted by atomic mass is 16.5. The van der Waals surface area contributed by atoms with Crippen LogP contribution in [0.3, 0.4) is 0 Å². The van der Waals surface area contributed by atoms with E-state index >= 15 is 0 Å². The molecule has 2 rings (SSSR count). The number of ether oxygens (including phenoxy) is 1. The molecular weight excluding hydrogens is 332 g/mol. The first-order valence-corrected chi connectivity index (χ1v) is 8.53. The highest BCUT2D eigenvalue weighted by Crippen LogP contribution is 2.27. The van der Waals surface area contributed by atoms with Crippen LogP contribution in [0.2, 0.25) is 0 Å². The van der Waals surface area contributed by atoms with E-state index in [-0.39, 0.29) is 24.9 Å². The van der Waals surface area contributed by atoms with Gasteiger partial charge in [-0.15, -0.1) is 0 Å². The lowest BCUT2D eigenvalue weighted by Gasteiger charge is -2.16. The number of nitrogens with one attached hydrogen (secondary N) is 2. The number of amides is 1. The first-order chi connectivity index (χ1) is 12.5. The molecule has 138 valence electrons. The van der Waals surface area contributed by atoms with Gasteiger partial charge in [0, 0.05) is 24.6 Å². The zero-order valence-corrected chi connectivity index (χ0v) is 15.3. The van der Waals surface area contributed by atoms with Crippen LogP contribution in [0.5, 0.6) is 0 Å². The zero-order chi connectivity index (χ0) is 18.9. The van der Waals surface area contributed by atoms with E-state index in [1.165, 1.54) is 0 Å². The minimum atomic E-state index is -0.461. The fourth-order valence-electron chi connectivity index (χ4n) is 2.40. The molecule has 1 aromatic heterocycles. The Hall–Kier alpha value is -2.96. The number of nitrogens with zero attached hydrogens (tertiary/aromatic N) is 2. The summed E-state index contributed by atoms with van der Waals surface area (Å²) in [6, 6.07) is 7.59. The van der Waals surface area contributed by atoms with Crippen molar-refractivity contribution in [3.05, 3.63) is 47.8 Å². The molecule has 7 heteroatoms. The van der Waals surface area contributed by atoms with E-state index in [9.17, 15) is 9.59 Å². The molecule has 0 aliphatic rings. The van der Waals surface area contributed by atoms with Crippen LogP contribution in [0.1, 0.15) is 37.3 Å². The predicted octanol–water partition coefficient (Wildman–Crippen LogP) is 2.89. The van der Waals surface area contributed by atoms with Gasteiger partial charge in [-0.25, -0.2) is 9.97 Å². The van der Waals surface area contributed by atoms with Gasteiger partial charge in [-0.3, -0.25) is 9.59 Å². The van der Waals surface area contributed by atoms with E-state index in [4.69, 9.17) is 4.74 Å².